The second kappa shape index (κ2) is 8.33. The van der Waals surface area contributed by atoms with Gasteiger partial charge in [-0.05, 0) is 0 Å². The summed E-state index contributed by atoms with van der Waals surface area (Å²) in [5.74, 6) is -1.96. The number of amides is 2. The molecule has 0 aromatic heterocycles. The zero-order chi connectivity index (χ0) is 17.4. The Morgan fingerprint density at radius 2 is 1.25 bits per heavy atom. The molecule has 122 valence electrons. The lowest BCUT2D eigenvalue weighted by atomic mass is 9.97. The monoisotopic (exact) mass is 324 g/mol. The Hall–Kier alpha value is -3.34. The second-order valence-electron chi connectivity index (χ2n) is 5.08. The van der Waals surface area contributed by atoms with Crippen LogP contribution in [-0.2, 0) is 9.59 Å². The van der Waals surface area contributed by atoms with Gasteiger partial charge < -0.3 is 21.7 Å². The van der Waals surface area contributed by atoms with Crippen LogP contribution in [0.15, 0.2) is 48.6 Å². The molecule has 2 rings (SSSR count). The minimum atomic E-state index is -0.657. The summed E-state index contributed by atoms with van der Waals surface area (Å²) in [4.78, 5) is 30.2. The van der Waals surface area contributed by atoms with Gasteiger partial charge in [0.1, 0.15) is 0 Å². The van der Waals surface area contributed by atoms with Gasteiger partial charge in [-0.2, -0.15) is 9.58 Å². The van der Waals surface area contributed by atoms with Crippen LogP contribution in [0.1, 0.15) is 0 Å². The van der Waals surface area contributed by atoms with Gasteiger partial charge in [-0.3, -0.25) is 9.59 Å². The molecule has 0 saturated carbocycles. The third-order valence-electron chi connectivity index (χ3n) is 3.52. The zero-order valence-corrected chi connectivity index (χ0v) is 12.8. The third kappa shape index (κ3) is 4.10. The standard InChI is InChI=1S/C16H16N6O2/c17-21-13-7-3-1-5-11(13)15(23)19-9-10-20-16(24)12-6-2-4-8-14(12)22-18/h1-8,11-12H,9-10H2,(H,19,23)(H,20,24)/t11-,12-/m1/s1. The van der Waals surface area contributed by atoms with Crippen LogP contribution in [0, 0.1) is 11.8 Å². The summed E-state index contributed by atoms with van der Waals surface area (Å²) < 4.78 is 0. The van der Waals surface area contributed by atoms with Crippen molar-refractivity contribution in [2.45, 2.75) is 0 Å². The lowest BCUT2D eigenvalue weighted by molar-refractivity contribution is -0.124. The van der Waals surface area contributed by atoms with Crippen LogP contribution < -0.4 is 10.6 Å². The number of carbonyl (C=O) groups is 2. The predicted molar refractivity (Wildman–Crippen MR) is 86.8 cm³/mol. The summed E-state index contributed by atoms with van der Waals surface area (Å²) in [7, 11) is 0. The number of allylic oxidation sites excluding steroid dienone is 6. The number of nitrogens with zero attached hydrogens (tertiary/aromatic N) is 4. The first-order chi connectivity index (χ1) is 11.7. The molecule has 8 heteroatoms. The molecule has 2 amide bonds. The highest BCUT2D eigenvalue weighted by Gasteiger charge is 2.29. The molecule has 0 saturated heterocycles. The van der Waals surface area contributed by atoms with Crippen LogP contribution in [0.4, 0.5) is 0 Å². The minimum Gasteiger partial charge on any atom is -0.361 e. The number of hydrogen-bond donors (Lipinski definition) is 2. The molecule has 0 unspecified atom stereocenters. The maximum atomic E-state index is 12.0. The van der Waals surface area contributed by atoms with Gasteiger partial charge in [-0.1, -0.05) is 36.5 Å². The van der Waals surface area contributed by atoms with Gasteiger partial charge in [0, 0.05) is 25.2 Å². The molecule has 0 aliphatic heterocycles. The van der Waals surface area contributed by atoms with E-state index in [1.54, 1.807) is 48.6 Å². The molecule has 8 nitrogen and oxygen atoms in total. The second-order valence-corrected chi connectivity index (χ2v) is 5.08. The summed E-state index contributed by atoms with van der Waals surface area (Å²) in [5.41, 5.74) is 18.2. The average molecular weight is 324 g/mol. The molecule has 2 atom stereocenters. The van der Waals surface area contributed by atoms with Crippen molar-refractivity contribution in [1.82, 2.24) is 10.6 Å². The first kappa shape index (κ1) is 17.0. The van der Waals surface area contributed by atoms with Crippen LogP contribution in [-0.4, -0.2) is 45.9 Å². The van der Waals surface area contributed by atoms with E-state index in [0.29, 0.717) is 0 Å². The summed E-state index contributed by atoms with van der Waals surface area (Å²) in [6.07, 6.45) is 13.1. The molecule has 0 radical (unpaired) electrons. The van der Waals surface area contributed by atoms with Crippen molar-refractivity contribution in [2.75, 3.05) is 13.1 Å². The third-order valence-corrected chi connectivity index (χ3v) is 3.52. The van der Waals surface area contributed by atoms with E-state index in [1.165, 1.54) is 0 Å². The fourth-order valence-corrected chi connectivity index (χ4v) is 2.29. The van der Waals surface area contributed by atoms with Crippen molar-refractivity contribution in [3.8, 4) is 0 Å². The first-order valence-electron chi connectivity index (χ1n) is 7.36. The molecule has 0 bridgehead atoms. The quantitative estimate of drug-likeness (QED) is 0.420. The normalized spacial score (nSPS) is 21.2. The highest BCUT2D eigenvalue weighted by molar-refractivity contribution is 6.10. The van der Waals surface area contributed by atoms with E-state index in [4.69, 9.17) is 11.1 Å². The van der Waals surface area contributed by atoms with E-state index in [-0.39, 0.29) is 36.3 Å². The van der Waals surface area contributed by atoms with Gasteiger partial charge >= 0.3 is 11.4 Å². The van der Waals surface area contributed by atoms with E-state index in [0.717, 1.165) is 0 Å². The predicted octanol–water partition coefficient (Wildman–Crippen LogP) is 0.0448. The number of rotatable bonds is 5. The molecule has 2 aliphatic carbocycles. The van der Waals surface area contributed by atoms with Crippen LogP contribution in [0.25, 0.3) is 11.1 Å². The van der Waals surface area contributed by atoms with Gasteiger partial charge in [0.15, 0.2) is 11.8 Å². The lowest BCUT2D eigenvalue weighted by Crippen LogP contribution is -2.42. The maximum Gasteiger partial charge on any atom is 0.308 e. The van der Waals surface area contributed by atoms with Crippen molar-refractivity contribution in [3.63, 3.8) is 0 Å². The van der Waals surface area contributed by atoms with Gasteiger partial charge in [-0.15, -0.1) is 0 Å². The Morgan fingerprint density at radius 1 is 0.833 bits per heavy atom. The van der Waals surface area contributed by atoms with Crippen molar-refractivity contribution in [3.05, 3.63) is 59.7 Å². The van der Waals surface area contributed by atoms with Gasteiger partial charge in [0.05, 0.1) is 0 Å². The molecule has 2 N–H and O–H groups in total. The fraction of sp³-hybridized carbons (Fsp3) is 0.250. The van der Waals surface area contributed by atoms with Crippen LogP contribution >= 0.6 is 0 Å². The van der Waals surface area contributed by atoms with E-state index in [2.05, 4.69) is 20.2 Å². The highest BCUT2D eigenvalue weighted by atomic mass is 16.2. The lowest BCUT2D eigenvalue weighted by Gasteiger charge is -2.12. The Balaban J connectivity index is 1.79. The summed E-state index contributed by atoms with van der Waals surface area (Å²) >= 11 is 0. The molecule has 24 heavy (non-hydrogen) atoms. The van der Waals surface area contributed by atoms with Crippen LogP contribution in [0.5, 0.6) is 0 Å². The summed E-state index contributed by atoms with van der Waals surface area (Å²) in [6, 6.07) is 0. The zero-order valence-electron chi connectivity index (χ0n) is 12.8. The average Bonchev–Trinajstić information content (AvgIpc) is 2.64. The molecule has 0 aromatic rings. The maximum absolute atomic E-state index is 12.0. The number of carbonyl (C=O) groups excluding carboxylic acids is 2. The fourth-order valence-electron chi connectivity index (χ4n) is 2.29. The Bertz CT molecular complexity index is 685. The van der Waals surface area contributed by atoms with Gasteiger partial charge in [-0.25, -0.2) is 0 Å². The summed E-state index contributed by atoms with van der Waals surface area (Å²) in [5, 5.41) is 5.32. The van der Waals surface area contributed by atoms with Crippen molar-refractivity contribution >= 4 is 23.2 Å². The Morgan fingerprint density at radius 3 is 1.62 bits per heavy atom. The smallest absolute Gasteiger partial charge is 0.308 e. The number of nitrogens with one attached hydrogen (secondary N) is 2. The topological polar surface area (TPSA) is 131 Å². The highest BCUT2D eigenvalue weighted by Crippen LogP contribution is 2.08. The van der Waals surface area contributed by atoms with E-state index >= 15 is 0 Å². The first-order valence-corrected chi connectivity index (χ1v) is 7.36. The van der Waals surface area contributed by atoms with Crippen LogP contribution in [0.3, 0.4) is 0 Å². The van der Waals surface area contributed by atoms with E-state index < -0.39 is 11.8 Å². The SMILES string of the molecule is [N-]=[N+]=C1C=CC=C[C@H]1C(=O)NCCNC(=O)[C@@H]1C=CC=CC1=[N+]=[N-]. The molecular weight excluding hydrogens is 308 g/mol. The van der Waals surface area contributed by atoms with Crippen molar-refractivity contribution in [1.29, 1.82) is 0 Å². The van der Waals surface area contributed by atoms with Crippen LogP contribution in [0.2, 0.25) is 0 Å². The largest absolute Gasteiger partial charge is 0.361 e. The Kier molecular flexibility index (Phi) is 5.91. The Labute approximate surface area is 138 Å². The molecular formula is C16H16N6O2. The molecule has 0 spiro atoms. The van der Waals surface area contributed by atoms with E-state index in [1.807, 2.05) is 0 Å². The van der Waals surface area contributed by atoms with Gasteiger partial charge in [0.25, 0.3) is 0 Å². The van der Waals surface area contributed by atoms with E-state index in [9.17, 15) is 9.59 Å². The van der Waals surface area contributed by atoms with Crippen molar-refractivity contribution in [2.24, 2.45) is 11.8 Å². The molecule has 2 aliphatic rings. The molecule has 0 fully saturated rings. The molecule has 0 aromatic carbocycles. The minimum absolute atomic E-state index is 0.217. The summed E-state index contributed by atoms with van der Waals surface area (Å²) in [6.45, 7) is 0.435. The van der Waals surface area contributed by atoms with Gasteiger partial charge in [0.2, 0.25) is 11.8 Å². The van der Waals surface area contributed by atoms with Crippen molar-refractivity contribution < 1.29 is 19.2 Å². The molecule has 0 heterocycles. The number of hydrogen-bond acceptors (Lipinski definition) is 2.